The minimum Gasteiger partial charge on any atom is -0.384 e. The van der Waals surface area contributed by atoms with Crippen molar-refractivity contribution in [3.05, 3.63) is 28.8 Å². The van der Waals surface area contributed by atoms with E-state index >= 15 is 0 Å². The van der Waals surface area contributed by atoms with Gasteiger partial charge in [0.15, 0.2) is 0 Å². The second-order valence-corrected chi connectivity index (χ2v) is 4.03. The van der Waals surface area contributed by atoms with E-state index in [9.17, 15) is 0 Å². The zero-order chi connectivity index (χ0) is 9.42. The molecule has 0 bridgehead atoms. The highest BCUT2D eigenvalue weighted by Gasteiger charge is 2.22. The molecule has 70 valence electrons. The number of fused-ring (bicyclic) bond motifs is 1. The predicted octanol–water partition coefficient (Wildman–Crippen LogP) is 3.22. The van der Waals surface area contributed by atoms with E-state index in [-0.39, 0.29) is 0 Å². The summed E-state index contributed by atoms with van der Waals surface area (Å²) < 4.78 is 0. The Hall–Kier alpha value is -0.980. The van der Waals surface area contributed by atoms with Gasteiger partial charge in [-0.15, -0.1) is 0 Å². The summed E-state index contributed by atoms with van der Waals surface area (Å²) in [5, 5.41) is 3.48. The molecular formula is C12H17N. The number of hydrogen-bond donors (Lipinski definition) is 1. The number of nitrogens with one attached hydrogen (secondary N) is 1. The van der Waals surface area contributed by atoms with E-state index < -0.39 is 0 Å². The van der Waals surface area contributed by atoms with Crippen LogP contribution in [0.1, 0.15) is 36.0 Å². The molecule has 13 heavy (non-hydrogen) atoms. The minimum absolute atomic E-state index is 0.732. The molecule has 0 spiro atoms. The number of hydrogen-bond acceptors (Lipinski definition) is 1. The Bertz CT molecular complexity index is 328. The zero-order valence-corrected chi connectivity index (χ0v) is 8.65. The molecular weight excluding hydrogens is 158 g/mol. The maximum Gasteiger partial charge on any atom is 0.0381 e. The van der Waals surface area contributed by atoms with Crippen molar-refractivity contribution in [1.82, 2.24) is 0 Å². The van der Waals surface area contributed by atoms with Gasteiger partial charge in [0.25, 0.3) is 0 Å². The summed E-state index contributed by atoms with van der Waals surface area (Å²) in [7, 11) is 0. The van der Waals surface area contributed by atoms with Crippen LogP contribution in [0.15, 0.2) is 12.1 Å². The summed E-state index contributed by atoms with van der Waals surface area (Å²) in [5.41, 5.74) is 5.73. The largest absolute Gasteiger partial charge is 0.384 e. The van der Waals surface area contributed by atoms with Gasteiger partial charge in [-0.3, -0.25) is 0 Å². The first-order valence-electron chi connectivity index (χ1n) is 5.07. The van der Waals surface area contributed by atoms with Crippen molar-refractivity contribution in [2.24, 2.45) is 0 Å². The van der Waals surface area contributed by atoms with Gasteiger partial charge in [0.2, 0.25) is 0 Å². The summed E-state index contributed by atoms with van der Waals surface area (Å²) in [6, 6.07) is 4.55. The molecule has 1 aromatic rings. The summed E-state index contributed by atoms with van der Waals surface area (Å²) in [4.78, 5) is 0. The molecule has 1 atom stereocenters. The molecule has 0 amide bonds. The van der Waals surface area contributed by atoms with Crippen LogP contribution in [0.3, 0.4) is 0 Å². The van der Waals surface area contributed by atoms with E-state index in [1.807, 2.05) is 0 Å². The van der Waals surface area contributed by atoms with Crippen LogP contribution in [0.2, 0.25) is 0 Å². The Morgan fingerprint density at radius 2 is 2.15 bits per heavy atom. The molecule has 1 aromatic carbocycles. The van der Waals surface area contributed by atoms with Crippen molar-refractivity contribution in [3.8, 4) is 0 Å². The Balaban J connectivity index is 2.51. The second-order valence-electron chi connectivity index (χ2n) is 4.03. The van der Waals surface area contributed by atoms with Crippen molar-refractivity contribution in [2.75, 3.05) is 11.9 Å². The standard InChI is InChI=1S/C12H17N/c1-4-10-7-13-11-6-8(2)5-9(3)12(10)11/h5-6,10,13H,4,7H2,1-3H3. The van der Waals surface area contributed by atoms with E-state index in [2.05, 4.69) is 38.2 Å². The summed E-state index contributed by atoms with van der Waals surface area (Å²) >= 11 is 0. The number of benzene rings is 1. The first-order chi connectivity index (χ1) is 6.22. The van der Waals surface area contributed by atoms with Gasteiger partial charge in [-0.25, -0.2) is 0 Å². The van der Waals surface area contributed by atoms with Crippen molar-refractivity contribution in [1.29, 1.82) is 0 Å². The van der Waals surface area contributed by atoms with Crippen LogP contribution in [0.5, 0.6) is 0 Å². The van der Waals surface area contributed by atoms with E-state index in [0.717, 1.165) is 12.5 Å². The van der Waals surface area contributed by atoms with Crippen LogP contribution < -0.4 is 5.32 Å². The van der Waals surface area contributed by atoms with Crippen LogP contribution >= 0.6 is 0 Å². The van der Waals surface area contributed by atoms with Gasteiger partial charge < -0.3 is 5.32 Å². The Labute approximate surface area is 80.2 Å². The van der Waals surface area contributed by atoms with Gasteiger partial charge in [0, 0.05) is 18.2 Å². The van der Waals surface area contributed by atoms with Crippen molar-refractivity contribution < 1.29 is 0 Å². The van der Waals surface area contributed by atoms with E-state index in [1.54, 1.807) is 5.56 Å². The lowest BCUT2D eigenvalue weighted by Crippen LogP contribution is -2.00. The van der Waals surface area contributed by atoms with Gasteiger partial charge in [-0.2, -0.15) is 0 Å². The normalized spacial score (nSPS) is 19.8. The molecule has 0 radical (unpaired) electrons. The van der Waals surface area contributed by atoms with Crippen LogP contribution in [0.4, 0.5) is 5.69 Å². The van der Waals surface area contributed by atoms with Gasteiger partial charge in [-0.1, -0.05) is 13.0 Å². The third-order valence-corrected chi connectivity index (χ3v) is 2.97. The lowest BCUT2D eigenvalue weighted by molar-refractivity contribution is 0.723. The molecule has 2 rings (SSSR count). The van der Waals surface area contributed by atoms with Crippen LogP contribution in [-0.2, 0) is 0 Å². The summed E-state index contributed by atoms with van der Waals surface area (Å²) in [5.74, 6) is 0.732. The lowest BCUT2D eigenvalue weighted by Gasteiger charge is -2.10. The zero-order valence-electron chi connectivity index (χ0n) is 8.65. The van der Waals surface area contributed by atoms with Crippen LogP contribution in [0.25, 0.3) is 0 Å². The average molecular weight is 175 g/mol. The summed E-state index contributed by atoms with van der Waals surface area (Å²) in [6.45, 7) is 7.77. The molecule has 1 heterocycles. The molecule has 0 aromatic heterocycles. The Kier molecular flexibility index (Phi) is 2.03. The van der Waals surface area contributed by atoms with Gasteiger partial charge in [-0.05, 0) is 43.0 Å². The highest BCUT2D eigenvalue weighted by Crippen LogP contribution is 2.36. The molecule has 1 unspecified atom stereocenters. The third kappa shape index (κ3) is 1.32. The maximum atomic E-state index is 3.48. The molecule has 0 saturated carbocycles. The van der Waals surface area contributed by atoms with Crippen LogP contribution in [0, 0.1) is 13.8 Å². The molecule has 0 aliphatic carbocycles. The quantitative estimate of drug-likeness (QED) is 0.691. The van der Waals surface area contributed by atoms with Gasteiger partial charge in [0.1, 0.15) is 0 Å². The van der Waals surface area contributed by atoms with Crippen LogP contribution in [-0.4, -0.2) is 6.54 Å². The first kappa shape index (κ1) is 8.61. The number of rotatable bonds is 1. The van der Waals surface area contributed by atoms with Gasteiger partial charge in [0.05, 0.1) is 0 Å². The molecule has 1 aliphatic heterocycles. The fourth-order valence-corrected chi connectivity index (χ4v) is 2.35. The topological polar surface area (TPSA) is 12.0 Å². The highest BCUT2D eigenvalue weighted by molar-refractivity contribution is 5.62. The predicted molar refractivity (Wildman–Crippen MR) is 57.4 cm³/mol. The Morgan fingerprint density at radius 1 is 1.38 bits per heavy atom. The highest BCUT2D eigenvalue weighted by atomic mass is 14.9. The number of anilines is 1. The van der Waals surface area contributed by atoms with E-state index in [4.69, 9.17) is 0 Å². The molecule has 0 saturated heterocycles. The summed E-state index contributed by atoms with van der Waals surface area (Å²) in [6.07, 6.45) is 1.24. The second kappa shape index (κ2) is 3.06. The fourth-order valence-electron chi connectivity index (χ4n) is 2.35. The first-order valence-corrected chi connectivity index (χ1v) is 5.07. The van der Waals surface area contributed by atoms with E-state index in [0.29, 0.717) is 0 Å². The third-order valence-electron chi connectivity index (χ3n) is 2.97. The fraction of sp³-hybridized carbons (Fsp3) is 0.500. The smallest absolute Gasteiger partial charge is 0.0381 e. The van der Waals surface area contributed by atoms with Crippen molar-refractivity contribution >= 4 is 5.69 Å². The van der Waals surface area contributed by atoms with E-state index in [1.165, 1.54) is 23.2 Å². The maximum absolute atomic E-state index is 3.48. The monoisotopic (exact) mass is 175 g/mol. The minimum atomic E-state index is 0.732. The van der Waals surface area contributed by atoms with Gasteiger partial charge >= 0.3 is 0 Å². The Morgan fingerprint density at radius 3 is 2.85 bits per heavy atom. The molecule has 1 heteroatoms. The van der Waals surface area contributed by atoms with Crippen molar-refractivity contribution in [3.63, 3.8) is 0 Å². The molecule has 1 aliphatic rings. The SMILES string of the molecule is CCC1CNc2cc(C)cc(C)c21. The van der Waals surface area contributed by atoms with Crippen molar-refractivity contribution in [2.45, 2.75) is 33.1 Å². The lowest BCUT2D eigenvalue weighted by atomic mass is 9.93. The molecule has 0 fully saturated rings. The molecule has 1 nitrogen and oxygen atoms in total. The number of aryl methyl sites for hydroxylation is 2. The average Bonchev–Trinajstić information content (AvgIpc) is 2.47. The molecule has 1 N–H and O–H groups in total.